The average molecular weight is 270 g/mol. The van der Waals surface area contributed by atoms with Crippen LogP contribution in [0, 0.1) is 0 Å². The molecule has 88 valence electrons. The molecule has 2 heterocycles. The minimum atomic E-state index is -3.75. The lowest BCUT2D eigenvalue weighted by molar-refractivity contribution is 0.0702. The van der Waals surface area contributed by atoms with Crippen molar-refractivity contribution in [3.05, 3.63) is 35.6 Å². The van der Waals surface area contributed by atoms with Gasteiger partial charge in [-0.3, -0.25) is 4.98 Å². The zero-order chi connectivity index (χ0) is 12.5. The molecule has 0 saturated carbocycles. The number of carboxylic acids is 1. The molecule has 1 N–H and O–H groups in total. The van der Waals surface area contributed by atoms with E-state index in [0.29, 0.717) is 11.3 Å². The van der Waals surface area contributed by atoms with Gasteiger partial charge in [0.2, 0.25) is 14.2 Å². The lowest BCUT2D eigenvalue weighted by atomic mass is 10.5. The molecule has 0 bridgehead atoms. The van der Waals surface area contributed by atoms with Crippen LogP contribution in [-0.2, 0) is 9.84 Å². The Balaban J connectivity index is 2.49. The highest BCUT2D eigenvalue weighted by Gasteiger charge is 2.23. The molecule has 2 rings (SSSR count). The highest BCUT2D eigenvalue weighted by molar-refractivity contribution is 7.93. The smallest absolute Gasteiger partial charge is 0.347 e. The molecule has 6 nitrogen and oxygen atoms in total. The summed E-state index contributed by atoms with van der Waals surface area (Å²) in [6, 6.07) is 2.66. The number of thiazole rings is 1. The second-order valence-corrected chi connectivity index (χ2v) is 6.14. The number of aromatic carboxylic acids is 1. The van der Waals surface area contributed by atoms with E-state index in [4.69, 9.17) is 5.11 Å². The Morgan fingerprint density at radius 1 is 1.29 bits per heavy atom. The highest BCUT2D eigenvalue weighted by atomic mass is 32.2. The summed E-state index contributed by atoms with van der Waals surface area (Å²) in [6.07, 6.45) is 3.72. The Morgan fingerprint density at radius 3 is 2.47 bits per heavy atom. The van der Waals surface area contributed by atoms with Crippen LogP contribution in [0.15, 0.2) is 40.0 Å². The first-order valence-corrected chi connectivity index (χ1v) is 6.66. The van der Waals surface area contributed by atoms with E-state index in [0.717, 1.165) is 6.20 Å². The minimum absolute atomic E-state index is 0.0405. The molecule has 0 unspecified atom stereocenters. The predicted octanol–water partition coefficient (Wildman–Crippen LogP) is 1.07. The molecule has 0 aliphatic carbocycles. The van der Waals surface area contributed by atoms with E-state index < -0.39 is 15.8 Å². The number of nitrogens with zero attached hydrogens (tertiary/aromatic N) is 2. The molecular formula is C9H6N2O4S2. The van der Waals surface area contributed by atoms with E-state index >= 15 is 0 Å². The third-order valence-electron chi connectivity index (χ3n) is 1.89. The molecule has 0 aliphatic rings. The third-order valence-corrected chi connectivity index (χ3v) is 5.03. The molecule has 0 radical (unpaired) electrons. The molecular weight excluding hydrogens is 264 g/mol. The first-order chi connectivity index (χ1) is 8.01. The van der Waals surface area contributed by atoms with Crippen molar-refractivity contribution < 1.29 is 18.3 Å². The minimum Gasteiger partial charge on any atom is -0.477 e. The summed E-state index contributed by atoms with van der Waals surface area (Å²) in [7, 11) is -3.75. The quantitative estimate of drug-likeness (QED) is 0.896. The first kappa shape index (κ1) is 11.7. The van der Waals surface area contributed by atoms with E-state index in [2.05, 4.69) is 9.97 Å². The molecule has 0 aromatic carbocycles. The van der Waals surface area contributed by atoms with Crippen LogP contribution in [0.5, 0.6) is 0 Å². The second-order valence-electron chi connectivity index (χ2n) is 2.98. The molecule has 2 aromatic rings. The summed E-state index contributed by atoms with van der Waals surface area (Å²) in [4.78, 5) is 17.9. The largest absolute Gasteiger partial charge is 0.477 e. The molecule has 8 heteroatoms. The Bertz CT molecular complexity index is 649. The van der Waals surface area contributed by atoms with Gasteiger partial charge in [0.15, 0.2) is 0 Å². The summed E-state index contributed by atoms with van der Waals surface area (Å²) in [6.45, 7) is 0. The summed E-state index contributed by atoms with van der Waals surface area (Å²) in [5.74, 6) is -1.20. The van der Waals surface area contributed by atoms with Gasteiger partial charge in [0.1, 0.15) is 4.88 Å². The maximum atomic E-state index is 12.0. The van der Waals surface area contributed by atoms with Crippen molar-refractivity contribution >= 4 is 27.1 Å². The summed E-state index contributed by atoms with van der Waals surface area (Å²) >= 11 is 0.624. The van der Waals surface area contributed by atoms with Gasteiger partial charge < -0.3 is 5.11 Å². The van der Waals surface area contributed by atoms with Gasteiger partial charge in [-0.25, -0.2) is 18.2 Å². The number of pyridine rings is 1. The number of carbonyl (C=O) groups is 1. The highest BCUT2D eigenvalue weighted by Crippen LogP contribution is 2.24. The lowest BCUT2D eigenvalue weighted by Crippen LogP contribution is -2.00. The van der Waals surface area contributed by atoms with Gasteiger partial charge in [-0.2, -0.15) is 0 Å². The zero-order valence-corrected chi connectivity index (χ0v) is 9.90. The van der Waals surface area contributed by atoms with Crippen molar-refractivity contribution in [1.82, 2.24) is 9.97 Å². The van der Waals surface area contributed by atoms with Crippen molar-refractivity contribution in [2.45, 2.75) is 9.24 Å². The molecule has 0 spiro atoms. The van der Waals surface area contributed by atoms with Gasteiger partial charge >= 0.3 is 5.97 Å². The van der Waals surface area contributed by atoms with E-state index in [1.807, 2.05) is 0 Å². The fourth-order valence-corrected chi connectivity index (χ4v) is 3.46. The maximum absolute atomic E-state index is 12.0. The van der Waals surface area contributed by atoms with Gasteiger partial charge in [0.25, 0.3) is 0 Å². The Hall–Kier alpha value is -1.80. The fourth-order valence-electron chi connectivity index (χ4n) is 1.10. The monoisotopic (exact) mass is 270 g/mol. The molecule has 17 heavy (non-hydrogen) atoms. The van der Waals surface area contributed by atoms with Crippen molar-refractivity contribution in [1.29, 1.82) is 0 Å². The molecule has 0 fully saturated rings. The molecule has 0 saturated heterocycles. The average Bonchev–Trinajstić information content (AvgIpc) is 2.80. The molecule has 0 amide bonds. The van der Waals surface area contributed by atoms with Crippen molar-refractivity contribution in [2.75, 3.05) is 0 Å². The second kappa shape index (κ2) is 4.22. The van der Waals surface area contributed by atoms with Gasteiger partial charge in [-0.15, -0.1) is 0 Å². The number of rotatable bonds is 3. The van der Waals surface area contributed by atoms with Crippen molar-refractivity contribution in [3.8, 4) is 0 Å². The molecule has 2 aromatic heterocycles. The van der Waals surface area contributed by atoms with E-state index in [-0.39, 0.29) is 14.1 Å². The van der Waals surface area contributed by atoms with Crippen molar-refractivity contribution in [2.24, 2.45) is 0 Å². The lowest BCUT2D eigenvalue weighted by Gasteiger charge is -1.98. The molecule has 0 atom stereocenters. The Morgan fingerprint density at radius 2 is 1.94 bits per heavy atom. The van der Waals surface area contributed by atoms with Crippen LogP contribution in [-0.4, -0.2) is 29.5 Å². The van der Waals surface area contributed by atoms with Crippen LogP contribution >= 0.6 is 11.3 Å². The summed E-state index contributed by atoms with van der Waals surface area (Å²) < 4.78 is 23.8. The van der Waals surface area contributed by atoms with Gasteiger partial charge in [-0.1, -0.05) is 11.3 Å². The standard InChI is InChI=1S/C9H6N2O4S2/c12-8(13)7-5-11-9(16-7)17(14,15)6-1-3-10-4-2-6/h1-5H,(H,12,13). The Kier molecular flexibility index (Phi) is 2.90. The molecule has 0 aliphatic heterocycles. The number of aromatic nitrogens is 2. The van der Waals surface area contributed by atoms with Gasteiger partial charge in [0, 0.05) is 12.4 Å². The normalized spacial score (nSPS) is 11.3. The Labute approximate surface area is 101 Å². The summed E-state index contributed by atoms with van der Waals surface area (Å²) in [5, 5.41) is 8.70. The maximum Gasteiger partial charge on any atom is 0.347 e. The number of sulfone groups is 1. The van der Waals surface area contributed by atoms with E-state index in [1.54, 1.807) is 0 Å². The van der Waals surface area contributed by atoms with Crippen LogP contribution < -0.4 is 0 Å². The van der Waals surface area contributed by atoms with E-state index in [1.165, 1.54) is 24.5 Å². The van der Waals surface area contributed by atoms with Crippen LogP contribution in [0.4, 0.5) is 0 Å². The predicted molar refractivity (Wildman–Crippen MR) is 58.8 cm³/mol. The SMILES string of the molecule is O=C(O)c1cnc(S(=O)(=O)c2ccncc2)s1. The number of hydrogen-bond donors (Lipinski definition) is 1. The van der Waals surface area contributed by atoms with Crippen molar-refractivity contribution in [3.63, 3.8) is 0 Å². The topological polar surface area (TPSA) is 97.2 Å². The number of hydrogen-bond acceptors (Lipinski definition) is 6. The zero-order valence-electron chi connectivity index (χ0n) is 8.27. The van der Waals surface area contributed by atoms with Crippen LogP contribution in [0.2, 0.25) is 0 Å². The van der Waals surface area contributed by atoms with Gasteiger partial charge in [-0.05, 0) is 12.1 Å². The van der Waals surface area contributed by atoms with Crippen LogP contribution in [0.3, 0.4) is 0 Å². The van der Waals surface area contributed by atoms with Crippen LogP contribution in [0.25, 0.3) is 0 Å². The summed E-state index contributed by atoms with van der Waals surface area (Å²) in [5.41, 5.74) is 0. The first-order valence-electron chi connectivity index (χ1n) is 4.36. The van der Waals surface area contributed by atoms with Gasteiger partial charge in [0.05, 0.1) is 11.1 Å². The third kappa shape index (κ3) is 2.17. The van der Waals surface area contributed by atoms with Crippen LogP contribution in [0.1, 0.15) is 9.67 Å². The van der Waals surface area contributed by atoms with E-state index in [9.17, 15) is 13.2 Å². The fraction of sp³-hybridized carbons (Fsp3) is 0. The number of carboxylic acid groups (broad SMARTS) is 1.